The molecular weight excluding hydrogens is 256 g/mol. The second-order valence-corrected chi connectivity index (χ2v) is 4.95. The number of nitrogens with zero attached hydrogens (tertiary/aromatic N) is 3. The maximum Gasteiger partial charge on any atom is 0.362 e. The fourth-order valence-corrected chi connectivity index (χ4v) is 2.41. The Labute approximate surface area is 116 Å². The third-order valence-corrected chi connectivity index (χ3v) is 3.57. The van der Waals surface area contributed by atoms with Gasteiger partial charge in [0.15, 0.2) is 5.82 Å². The van der Waals surface area contributed by atoms with E-state index in [0.29, 0.717) is 18.3 Å². The predicted octanol–water partition coefficient (Wildman–Crippen LogP) is 1.58. The summed E-state index contributed by atoms with van der Waals surface area (Å²) in [5.74, 6) is 0.489. The molecule has 0 saturated heterocycles. The van der Waals surface area contributed by atoms with Crippen LogP contribution in [0.4, 0.5) is 5.82 Å². The van der Waals surface area contributed by atoms with Gasteiger partial charge in [-0.25, -0.2) is 9.48 Å². The Kier molecular flexibility index (Phi) is 3.14. The van der Waals surface area contributed by atoms with E-state index in [0.717, 1.165) is 6.54 Å². The molecule has 6 nitrogen and oxygen atoms in total. The van der Waals surface area contributed by atoms with Gasteiger partial charge in [-0.15, -0.1) is 5.10 Å². The summed E-state index contributed by atoms with van der Waals surface area (Å²) in [4.78, 5) is 11.6. The smallest absolute Gasteiger partial charge is 0.362 e. The minimum Gasteiger partial charge on any atom is -0.464 e. The zero-order valence-corrected chi connectivity index (χ0v) is 11.5. The number of carbonyl (C=O) groups is 1. The first-order valence-corrected chi connectivity index (χ1v) is 6.51. The van der Waals surface area contributed by atoms with Crippen molar-refractivity contribution in [2.75, 3.05) is 19.0 Å². The largest absolute Gasteiger partial charge is 0.464 e. The van der Waals surface area contributed by atoms with Gasteiger partial charge in [0.25, 0.3) is 0 Å². The standard InChI is InChI=1S/C14H16N4O2/c1-9-3-5-10(6-4-9)11-7-15-13-12(14(19)20-2)16-17-18(13)8-11/h3-6,11,15H,7-8H2,1-2H3. The molecule has 1 aromatic carbocycles. The van der Waals surface area contributed by atoms with E-state index in [4.69, 9.17) is 4.74 Å². The van der Waals surface area contributed by atoms with Gasteiger partial charge < -0.3 is 10.1 Å². The molecule has 1 aliphatic rings. The highest BCUT2D eigenvalue weighted by atomic mass is 16.5. The van der Waals surface area contributed by atoms with Crippen molar-refractivity contribution < 1.29 is 9.53 Å². The highest BCUT2D eigenvalue weighted by Gasteiger charge is 2.27. The Morgan fingerprint density at radius 3 is 2.85 bits per heavy atom. The van der Waals surface area contributed by atoms with E-state index in [1.165, 1.54) is 18.2 Å². The van der Waals surface area contributed by atoms with Crippen molar-refractivity contribution in [3.63, 3.8) is 0 Å². The topological polar surface area (TPSA) is 69.0 Å². The molecule has 0 aliphatic carbocycles. The van der Waals surface area contributed by atoms with Crippen LogP contribution in [0.5, 0.6) is 0 Å². The molecule has 20 heavy (non-hydrogen) atoms. The number of anilines is 1. The summed E-state index contributed by atoms with van der Waals surface area (Å²) in [5, 5.41) is 11.1. The maximum absolute atomic E-state index is 11.6. The average Bonchev–Trinajstić information content (AvgIpc) is 2.90. The summed E-state index contributed by atoms with van der Waals surface area (Å²) in [6, 6.07) is 8.47. The molecule has 0 fully saturated rings. The Morgan fingerprint density at radius 1 is 1.40 bits per heavy atom. The number of fused-ring (bicyclic) bond motifs is 1. The molecule has 104 valence electrons. The van der Waals surface area contributed by atoms with Crippen LogP contribution in [0.1, 0.15) is 27.5 Å². The lowest BCUT2D eigenvalue weighted by molar-refractivity contribution is 0.0595. The number of benzene rings is 1. The van der Waals surface area contributed by atoms with E-state index in [1.54, 1.807) is 4.68 Å². The lowest BCUT2D eigenvalue weighted by atomic mass is 9.97. The number of aromatic nitrogens is 3. The van der Waals surface area contributed by atoms with Gasteiger partial charge in [-0.2, -0.15) is 0 Å². The lowest BCUT2D eigenvalue weighted by Gasteiger charge is -2.25. The Hall–Kier alpha value is -2.37. The third kappa shape index (κ3) is 2.13. The summed E-state index contributed by atoms with van der Waals surface area (Å²) in [6.45, 7) is 3.52. The monoisotopic (exact) mass is 272 g/mol. The van der Waals surface area contributed by atoms with Crippen molar-refractivity contribution in [3.8, 4) is 0 Å². The normalized spacial score (nSPS) is 17.2. The van der Waals surface area contributed by atoms with Crippen LogP contribution in [0, 0.1) is 6.92 Å². The molecule has 3 rings (SSSR count). The second kappa shape index (κ2) is 4.96. The van der Waals surface area contributed by atoms with E-state index >= 15 is 0 Å². The van der Waals surface area contributed by atoms with Gasteiger partial charge in [0.2, 0.25) is 5.69 Å². The van der Waals surface area contributed by atoms with Crippen molar-refractivity contribution >= 4 is 11.8 Å². The zero-order valence-electron chi connectivity index (χ0n) is 11.5. The van der Waals surface area contributed by atoms with Gasteiger partial charge in [0.05, 0.1) is 13.7 Å². The molecular formula is C14H16N4O2. The number of esters is 1. The van der Waals surface area contributed by atoms with E-state index in [2.05, 4.69) is 46.8 Å². The van der Waals surface area contributed by atoms with Crippen LogP contribution in [-0.2, 0) is 11.3 Å². The molecule has 0 radical (unpaired) electrons. The zero-order chi connectivity index (χ0) is 14.1. The number of methoxy groups -OCH3 is 1. The van der Waals surface area contributed by atoms with Crippen molar-refractivity contribution in [1.29, 1.82) is 0 Å². The fourth-order valence-electron chi connectivity index (χ4n) is 2.41. The Bertz CT molecular complexity index is 633. The third-order valence-electron chi connectivity index (χ3n) is 3.57. The molecule has 1 atom stereocenters. The van der Waals surface area contributed by atoms with Crippen molar-refractivity contribution in [2.45, 2.75) is 19.4 Å². The highest BCUT2D eigenvalue weighted by molar-refractivity contribution is 5.92. The van der Waals surface area contributed by atoms with Gasteiger partial charge in [0.1, 0.15) is 0 Å². The van der Waals surface area contributed by atoms with Gasteiger partial charge >= 0.3 is 5.97 Å². The van der Waals surface area contributed by atoms with Crippen molar-refractivity contribution in [2.24, 2.45) is 0 Å². The highest BCUT2D eigenvalue weighted by Crippen LogP contribution is 2.26. The summed E-state index contributed by atoms with van der Waals surface area (Å²) >= 11 is 0. The Balaban J connectivity index is 1.84. The van der Waals surface area contributed by atoms with Crippen molar-refractivity contribution in [1.82, 2.24) is 15.0 Å². The molecule has 1 N–H and O–H groups in total. The molecule has 2 heterocycles. The number of hydrogen-bond acceptors (Lipinski definition) is 5. The van der Waals surface area contributed by atoms with Gasteiger partial charge in [-0.1, -0.05) is 35.0 Å². The van der Waals surface area contributed by atoms with Gasteiger partial charge in [-0.3, -0.25) is 0 Å². The van der Waals surface area contributed by atoms with Crippen LogP contribution in [0.2, 0.25) is 0 Å². The number of carbonyl (C=O) groups excluding carboxylic acids is 1. The molecule has 6 heteroatoms. The fraction of sp³-hybridized carbons (Fsp3) is 0.357. The second-order valence-electron chi connectivity index (χ2n) is 4.95. The van der Waals surface area contributed by atoms with E-state index < -0.39 is 5.97 Å². The first-order chi connectivity index (χ1) is 9.69. The van der Waals surface area contributed by atoms with Crippen LogP contribution >= 0.6 is 0 Å². The summed E-state index contributed by atoms with van der Waals surface area (Å²) < 4.78 is 6.41. The molecule has 1 unspecified atom stereocenters. The maximum atomic E-state index is 11.6. The van der Waals surface area contributed by atoms with Crippen LogP contribution < -0.4 is 5.32 Å². The van der Waals surface area contributed by atoms with Crippen LogP contribution in [0.15, 0.2) is 24.3 Å². The molecule has 1 aliphatic heterocycles. The molecule has 2 aromatic rings. The minimum absolute atomic E-state index is 0.245. The number of aryl methyl sites for hydroxylation is 1. The van der Waals surface area contributed by atoms with Crippen LogP contribution in [0.25, 0.3) is 0 Å². The molecule has 0 amide bonds. The van der Waals surface area contributed by atoms with Crippen LogP contribution in [-0.4, -0.2) is 34.6 Å². The summed E-state index contributed by atoms with van der Waals surface area (Å²) in [5.41, 5.74) is 2.74. The molecule has 0 saturated carbocycles. The number of rotatable bonds is 2. The van der Waals surface area contributed by atoms with E-state index in [9.17, 15) is 4.79 Å². The van der Waals surface area contributed by atoms with Gasteiger partial charge in [0, 0.05) is 12.5 Å². The predicted molar refractivity (Wildman–Crippen MR) is 73.8 cm³/mol. The quantitative estimate of drug-likeness (QED) is 0.841. The number of hydrogen-bond donors (Lipinski definition) is 1. The first kappa shape index (κ1) is 12.7. The average molecular weight is 272 g/mol. The van der Waals surface area contributed by atoms with Gasteiger partial charge in [-0.05, 0) is 12.5 Å². The molecule has 1 aromatic heterocycles. The SMILES string of the molecule is COC(=O)c1nnn2c1NCC(c1ccc(C)cc1)C2. The Morgan fingerprint density at radius 2 is 2.15 bits per heavy atom. The summed E-state index contributed by atoms with van der Waals surface area (Å²) in [7, 11) is 1.34. The van der Waals surface area contributed by atoms with E-state index in [1.807, 2.05) is 0 Å². The minimum atomic E-state index is -0.465. The molecule has 0 bridgehead atoms. The summed E-state index contributed by atoms with van der Waals surface area (Å²) in [6.07, 6.45) is 0. The number of nitrogens with one attached hydrogen (secondary N) is 1. The van der Waals surface area contributed by atoms with Crippen LogP contribution in [0.3, 0.4) is 0 Å². The molecule has 0 spiro atoms. The first-order valence-electron chi connectivity index (χ1n) is 6.51. The number of ether oxygens (including phenoxy) is 1. The lowest BCUT2D eigenvalue weighted by Crippen LogP contribution is -2.27. The van der Waals surface area contributed by atoms with Crippen molar-refractivity contribution in [3.05, 3.63) is 41.1 Å². The van der Waals surface area contributed by atoms with E-state index in [-0.39, 0.29) is 5.69 Å².